The highest BCUT2D eigenvalue weighted by Gasteiger charge is 2.36. The molecular formula is C20H19FN2O4. The van der Waals surface area contributed by atoms with Crippen LogP contribution in [0.5, 0.6) is 0 Å². The summed E-state index contributed by atoms with van der Waals surface area (Å²) in [5.41, 5.74) is 0.926. The number of para-hydroxylation sites is 1. The molecule has 2 amide bonds. The highest BCUT2D eigenvalue weighted by molar-refractivity contribution is 6.04. The lowest BCUT2D eigenvalue weighted by atomic mass is 10.1. The van der Waals surface area contributed by atoms with E-state index < -0.39 is 17.7 Å². The molecule has 1 atom stereocenters. The highest BCUT2D eigenvalue weighted by Crippen LogP contribution is 2.28. The zero-order valence-electron chi connectivity index (χ0n) is 14.8. The number of amides is 2. The standard InChI is InChI=1S/C20H19FN2O4/c1-2-27-20(26)13-6-5-7-15(10-13)22-19(25)14-11-18(24)23(12-14)17-9-4-3-8-16(17)21/h3-10,14H,2,11-12H2,1H3,(H,22,25). The Labute approximate surface area is 155 Å². The predicted molar refractivity (Wildman–Crippen MR) is 97.9 cm³/mol. The zero-order chi connectivity index (χ0) is 19.4. The molecule has 0 aromatic heterocycles. The number of anilines is 2. The Morgan fingerprint density at radius 1 is 1.22 bits per heavy atom. The molecule has 0 radical (unpaired) electrons. The van der Waals surface area contributed by atoms with Gasteiger partial charge in [0.25, 0.3) is 0 Å². The van der Waals surface area contributed by atoms with Crippen LogP contribution in [-0.2, 0) is 14.3 Å². The number of rotatable bonds is 5. The molecule has 2 aromatic carbocycles. The number of hydrogen-bond acceptors (Lipinski definition) is 4. The van der Waals surface area contributed by atoms with E-state index in [0.717, 1.165) is 0 Å². The smallest absolute Gasteiger partial charge is 0.338 e. The van der Waals surface area contributed by atoms with Crippen LogP contribution >= 0.6 is 0 Å². The predicted octanol–water partition coefficient (Wildman–Crippen LogP) is 2.99. The van der Waals surface area contributed by atoms with Gasteiger partial charge in [-0.2, -0.15) is 0 Å². The Morgan fingerprint density at radius 2 is 2.00 bits per heavy atom. The minimum Gasteiger partial charge on any atom is -0.462 e. The maximum atomic E-state index is 13.9. The molecule has 1 N–H and O–H groups in total. The first-order chi connectivity index (χ1) is 13.0. The lowest BCUT2D eigenvalue weighted by Crippen LogP contribution is -2.28. The third kappa shape index (κ3) is 4.13. The van der Waals surface area contributed by atoms with Crippen LogP contribution in [0, 0.1) is 11.7 Å². The molecule has 27 heavy (non-hydrogen) atoms. The number of ether oxygens (including phenoxy) is 1. The molecule has 0 saturated carbocycles. The van der Waals surface area contributed by atoms with Gasteiger partial charge in [0.05, 0.1) is 23.8 Å². The lowest BCUT2D eigenvalue weighted by molar-refractivity contribution is -0.122. The minimum absolute atomic E-state index is 0.00225. The number of esters is 1. The molecule has 1 aliphatic rings. The molecule has 1 saturated heterocycles. The monoisotopic (exact) mass is 370 g/mol. The molecule has 2 aromatic rings. The van der Waals surface area contributed by atoms with Gasteiger partial charge in [-0.15, -0.1) is 0 Å². The fourth-order valence-electron chi connectivity index (χ4n) is 2.97. The normalized spacial score (nSPS) is 16.3. The van der Waals surface area contributed by atoms with Crippen molar-refractivity contribution in [1.82, 2.24) is 0 Å². The van der Waals surface area contributed by atoms with Gasteiger partial charge in [-0.05, 0) is 37.3 Å². The van der Waals surface area contributed by atoms with E-state index in [0.29, 0.717) is 11.3 Å². The summed E-state index contributed by atoms with van der Waals surface area (Å²) in [6, 6.07) is 12.3. The molecule has 140 valence electrons. The van der Waals surface area contributed by atoms with Gasteiger partial charge >= 0.3 is 5.97 Å². The largest absolute Gasteiger partial charge is 0.462 e. The van der Waals surface area contributed by atoms with Crippen LogP contribution < -0.4 is 10.2 Å². The first-order valence-corrected chi connectivity index (χ1v) is 8.62. The van der Waals surface area contributed by atoms with Crippen molar-refractivity contribution in [1.29, 1.82) is 0 Å². The summed E-state index contributed by atoms with van der Waals surface area (Å²) >= 11 is 0. The second-order valence-corrected chi connectivity index (χ2v) is 6.15. The average Bonchev–Trinajstić information content (AvgIpc) is 3.04. The van der Waals surface area contributed by atoms with E-state index in [1.807, 2.05) is 0 Å². The van der Waals surface area contributed by atoms with Crippen molar-refractivity contribution < 1.29 is 23.5 Å². The van der Waals surface area contributed by atoms with Crippen molar-refractivity contribution in [2.75, 3.05) is 23.4 Å². The number of hydrogen-bond donors (Lipinski definition) is 1. The number of nitrogens with zero attached hydrogens (tertiary/aromatic N) is 1. The highest BCUT2D eigenvalue weighted by atomic mass is 19.1. The number of benzene rings is 2. The number of carbonyl (C=O) groups excluding carboxylic acids is 3. The van der Waals surface area contributed by atoms with E-state index >= 15 is 0 Å². The summed E-state index contributed by atoms with van der Waals surface area (Å²) in [6.45, 7) is 2.07. The van der Waals surface area contributed by atoms with Gasteiger partial charge < -0.3 is 15.0 Å². The summed E-state index contributed by atoms with van der Waals surface area (Å²) < 4.78 is 18.9. The molecule has 1 aliphatic heterocycles. The van der Waals surface area contributed by atoms with Gasteiger partial charge in [0.1, 0.15) is 5.82 Å². The Morgan fingerprint density at radius 3 is 2.74 bits per heavy atom. The van der Waals surface area contributed by atoms with Gasteiger partial charge in [0.2, 0.25) is 11.8 Å². The second-order valence-electron chi connectivity index (χ2n) is 6.15. The van der Waals surface area contributed by atoms with Crippen LogP contribution in [0.25, 0.3) is 0 Å². The van der Waals surface area contributed by atoms with Crippen LogP contribution in [0.1, 0.15) is 23.7 Å². The van der Waals surface area contributed by atoms with Crippen molar-refractivity contribution in [2.45, 2.75) is 13.3 Å². The van der Waals surface area contributed by atoms with E-state index in [1.165, 1.54) is 23.1 Å². The van der Waals surface area contributed by atoms with Gasteiger partial charge in [0.15, 0.2) is 0 Å². The number of halogens is 1. The molecule has 0 bridgehead atoms. The lowest BCUT2D eigenvalue weighted by Gasteiger charge is -2.17. The summed E-state index contributed by atoms with van der Waals surface area (Å²) in [5, 5.41) is 2.71. The van der Waals surface area contributed by atoms with Crippen molar-refractivity contribution in [3.8, 4) is 0 Å². The Hall–Kier alpha value is -3.22. The number of nitrogens with one attached hydrogen (secondary N) is 1. The van der Waals surface area contributed by atoms with Crippen LogP contribution in [0.15, 0.2) is 48.5 Å². The van der Waals surface area contributed by atoms with E-state index in [9.17, 15) is 18.8 Å². The number of carbonyl (C=O) groups is 3. The van der Waals surface area contributed by atoms with Crippen molar-refractivity contribution >= 4 is 29.2 Å². The Kier molecular flexibility index (Phi) is 5.49. The van der Waals surface area contributed by atoms with Gasteiger partial charge in [0, 0.05) is 18.7 Å². The SMILES string of the molecule is CCOC(=O)c1cccc(NC(=O)C2CC(=O)N(c3ccccc3F)C2)c1. The topological polar surface area (TPSA) is 75.7 Å². The average molecular weight is 370 g/mol. The molecule has 1 heterocycles. The fourth-order valence-corrected chi connectivity index (χ4v) is 2.97. The first-order valence-electron chi connectivity index (χ1n) is 8.62. The van der Waals surface area contributed by atoms with E-state index in [-0.39, 0.29) is 37.1 Å². The third-order valence-electron chi connectivity index (χ3n) is 4.28. The van der Waals surface area contributed by atoms with Crippen LogP contribution in [0.3, 0.4) is 0 Å². The molecule has 6 nitrogen and oxygen atoms in total. The summed E-state index contributed by atoms with van der Waals surface area (Å²) in [4.78, 5) is 37.8. The van der Waals surface area contributed by atoms with Gasteiger partial charge in [-0.25, -0.2) is 9.18 Å². The molecule has 1 fully saturated rings. The van der Waals surface area contributed by atoms with Crippen LogP contribution in [-0.4, -0.2) is 30.9 Å². The van der Waals surface area contributed by atoms with E-state index in [4.69, 9.17) is 4.74 Å². The summed E-state index contributed by atoms with van der Waals surface area (Å²) in [7, 11) is 0. The van der Waals surface area contributed by atoms with Gasteiger partial charge in [-0.3, -0.25) is 9.59 Å². The fraction of sp³-hybridized carbons (Fsp3) is 0.250. The summed E-state index contributed by atoms with van der Waals surface area (Å²) in [5.74, 6) is -2.25. The molecule has 7 heteroatoms. The maximum absolute atomic E-state index is 13.9. The van der Waals surface area contributed by atoms with Gasteiger partial charge in [-0.1, -0.05) is 18.2 Å². The zero-order valence-corrected chi connectivity index (χ0v) is 14.8. The first kappa shape index (κ1) is 18.6. The summed E-state index contributed by atoms with van der Waals surface area (Å²) in [6.07, 6.45) is -0.00225. The third-order valence-corrected chi connectivity index (χ3v) is 4.28. The Bertz CT molecular complexity index is 884. The Balaban J connectivity index is 1.69. The van der Waals surface area contributed by atoms with E-state index in [2.05, 4.69) is 5.32 Å². The molecule has 3 rings (SSSR count). The van der Waals surface area contributed by atoms with Crippen LogP contribution in [0.4, 0.5) is 15.8 Å². The van der Waals surface area contributed by atoms with Crippen molar-refractivity contribution in [3.63, 3.8) is 0 Å². The van der Waals surface area contributed by atoms with Crippen molar-refractivity contribution in [2.24, 2.45) is 5.92 Å². The van der Waals surface area contributed by atoms with Crippen LogP contribution in [0.2, 0.25) is 0 Å². The van der Waals surface area contributed by atoms with E-state index in [1.54, 1.807) is 37.3 Å². The maximum Gasteiger partial charge on any atom is 0.338 e. The minimum atomic E-state index is -0.608. The van der Waals surface area contributed by atoms with Crippen molar-refractivity contribution in [3.05, 3.63) is 59.9 Å². The molecule has 0 spiro atoms. The second kappa shape index (κ2) is 7.99. The molecule has 1 unspecified atom stereocenters. The molecular weight excluding hydrogens is 351 g/mol. The molecule has 0 aliphatic carbocycles. The quantitative estimate of drug-likeness (QED) is 0.821.